The molecule has 1 fully saturated rings. The molecule has 0 saturated carbocycles. The molecule has 2 nitrogen and oxygen atoms in total. The smallest absolute Gasteiger partial charge is 0.0907 e. The number of rotatable bonds is 0. The average molecular weight is 158 g/mol. The van der Waals surface area contributed by atoms with Gasteiger partial charge in [-0.15, -0.1) is 0 Å². The zero-order chi connectivity index (χ0) is 8.70. The summed E-state index contributed by atoms with van der Waals surface area (Å²) >= 11 is 0. The van der Waals surface area contributed by atoms with Crippen molar-refractivity contribution in [3.63, 3.8) is 0 Å². The summed E-state index contributed by atoms with van der Waals surface area (Å²) in [6.45, 7) is 9.45. The normalized spacial score (nSPS) is 39.5. The van der Waals surface area contributed by atoms with Crippen LogP contribution in [0.4, 0.5) is 0 Å². The predicted molar refractivity (Wildman–Crippen MR) is 44.4 cm³/mol. The third-order valence-electron chi connectivity index (χ3n) is 2.47. The molecule has 0 spiro atoms. The lowest BCUT2D eigenvalue weighted by molar-refractivity contribution is -0.0144. The van der Waals surface area contributed by atoms with Gasteiger partial charge in [0, 0.05) is 5.92 Å². The summed E-state index contributed by atoms with van der Waals surface area (Å²) in [4.78, 5) is 0. The second-order valence-corrected chi connectivity index (χ2v) is 4.79. The highest BCUT2D eigenvalue weighted by Gasteiger charge is 2.44. The molecule has 1 N–H and O–H groups in total. The summed E-state index contributed by atoms with van der Waals surface area (Å²) in [5.74, 6) is 0.259. The van der Waals surface area contributed by atoms with Crippen molar-refractivity contribution in [2.75, 3.05) is 13.2 Å². The monoisotopic (exact) mass is 158 g/mol. The van der Waals surface area contributed by atoms with Crippen LogP contribution in [0.5, 0.6) is 0 Å². The molecule has 0 amide bonds. The Labute approximate surface area is 68.6 Å². The summed E-state index contributed by atoms with van der Waals surface area (Å²) in [6, 6.07) is 0. The first kappa shape index (κ1) is 9.01. The Balaban J connectivity index is 2.73. The SMILES string of the molecule is CC(C)(C)C1COCC1(C)O. The Bertz CT molecular complexity index is 144. The van der Waals surface area contributed by atoms with Crippen LogP contribution in [0.25, 0.3) is 0 Å². The molecule has 1 rings (SSSR count). The molecule has 0 aromatic rings. The Morgan fingerprint density at radius 1 is 1.45 bits per heavy atom. The number of ether oxygens (including phenoxy) is 1. The van der Waals surface area contributed by atoms with E-state index in [0.717, 1.165) is 0 Å². The van der Waals surface area contributed by atoms with Gasteiger partial charge in [-0.3, -0.25) is 0 Å². The van der Waals surface area contributed by atoms with Crippen LogP contribution >= 0.6 is 0 Å². The van der Waals surface area contributed by atoms with Gasteiger partial charge in [-0.25, -0.2) is 0 Å². The molecule has 1 aliphatic rings. The molecule has 2 unspecified atom stereocenters. The molecule has 1 saturated heterocycles. The van der Waals surface area contributed by atoms with E-state index in [1.807, 2.05) is 6.92 Å². The van der Waals surface area contributed by atoms with Crippen LogP contribution in [0.3, 0.4) is 0 Å². The van der Waals surface area contributed by atoms with E-state index < -0.39 is 5.60 Å². The predicted octanol–water partition coefficient (Wildman–Crippen LogP) is 1.43. The van der Waals surface area contributed by atoms with E-state index in [1.165, 1.54) is 0 Å². The zero-order valence-corrected chi connectivity index (χ0v) is 7.85. The Kier molecular flexibility index (Phi) is 2.01. The van der Waals surface area contributed by atoms with Gasteiger partial charge >= 0.3 is 0 Å². The lowest BCUT2D eigenvalue weighted by Gasteiger charge is -2.34. The minimum atomic E-state index is -0.627. The molecule has 0 radical (unpaired) electrons. The summed E-state index contributed by atoms with van der Waals surface area (Å²) < 4.78 is 5.25. The fraction of sp³-hybridized carbons (Fsp3) is 1.00. The zero-order valence-electron chi connectivity index (χ0n) is 7.85. The quantitative estimate of drug-likeness (QED) is 0.578. The van der Waals surface area contributed by atoms with Crippen LogP contribution in [-0.4, -0.2) is 23.9 Å². The first-order chi connectivity index (χ1) is 4.84. The van der Waals surface area contributed by atoms with Gasteiger partial charge in [-0.05, 0) is 12.3 Å². The average Bonchev–Trinajstić information content (AvgIpc) is 2.06. The van der Waals surface area contributed by atoms with Crippen molar-refractivity contribution in [1.82, 2.24) is 0 Å². The number of hydrogen-bond donors (Lipinski definition) is 1. The van der Waals surface area contributed by atoms with Crippen molar-refractivity contribution in [2.24, 2.45) is 11.3 Å². The van der Waals surface area contributed by atoms with Crippen molar-refractivity contribution >= 4 is 0 Å². The minimum absolute atomic E-state index is 0.139. The minimum Gasteiger partial charge on any atom is -0.387 e. The van der Waals surface area contributed by atoms with E-state index in [-0.39, 0.29) is 11.3 Å². The van der Waals surface area contributed by atoms with Crippen LogP contribution in [0, 0.1) is 11.3 Å². The Morgan fingerprint density at radius 3 is 2.18 bits per heavy atom. The fourth-order valence-corrected chi connectivity index (χ4v) is 1.85. The maximum atomic E-state index is 9.86. The van der Waals surface area contributed by atoms with Crippen LogP contribution in [0.15, 0.2) is 0 Å². The summed E-state index contributed by atoms with van der Waals surface area (Å²) in [6.07, 6.45) is 0. The number of aliphatic hydroxyl groups is 1. The molecule has 66 valence electrons. The highest BCUT2D eigenvalue weighted by atomic mass is 16.5. The Morgan fingerprint density at radius 2 is 2.00 bits per heavy atom. The molecule has 0 bridgehead atoms. The third kappa shape index (κ3) is 1.74. The molecular weight excluding hydrogens is 140 g/mol. The fourth-order valence-electron chi connectivity index (χ4n) is 1.85. The lowest BCUT2D eigenvalue weighted by atomic mass is 9.73. The maximum absolute atomic E-state index is 9.86. The van der Waals surface area contributed by atoms with Gasteiger partial charge < -0.3 is 9.84 Å². The van der Waals surface area contributed by atoms with Crippen molar-refractivity contribution in [1.29, 1.82) is 0 Å². The summed E-state index contributed by atoms with van der Waals surface area (Å²) in [5, 5.41) is 9.86. The second kappa shape index (κ2) is 2.46. The second-order valence-electron chi connectivity index (χ2n) is 4.79. The van der Waals surface area contributed by atoms with Gasteiger partial charge in [-0.2, -0.15) is 0 Å². The third-order valence-corrected chi connectivity index (χ3v) is 2.47. The Hall–Kier alpha value is -0.0800. The van der Waals surface area contributed by atoms with Crippen molar-refractivity contribution < 1.29 is 9.84 Å². The van der Waals surface area contributed by atoms with E-state index in [1.54, 1.807) is 0 Å². The van der Waals surface area contributed by atoms with Crippen LogP contribution in [0.2, 0.25) is 0 Å². The molecular formula is C9H18O2. The first-order valence-electron chi connectivity index (χ1n) is 4.14. The first-order valence-corrected chi connectivity index (χ1v) is 4.14. The van der Waals surface area contributed by atoms with Gasteiger partial charge in [0.25, 0.3) is 0 Å². The molecule has 0 aromatic carbocycles. The number of hydrogen-bond acceptors (Lipinski definition) is 2. The van der Waals surface area contributed by atoms with E-state index in [2.05, 4.69) is 20.8 Å². The standard InChI is InChI=1S/C9H18O2/c1-8(2,3)7-5-11-6-9(7,4)10/h7,10H,5-6H2,1-4H3. The van der Waals surface area contributed by atoms with E-state index in [4.69, 9.17) is 4.74 Å². The molecule has 0 aliphatic carbocycles. The maximum Gasteiger partial charge on any atom is 0.0907 e. The molecule has 1 heterocycles. The highest BCUT2D eigenvalue weighted by Crippen LogP contribution is 2.38. The van der Waals surface area contributed by atoms with Crippen molar-refractivity contribution in [3.05, 3.63) is 0 Å². The highest BCUT2D eigenvalue weighted by molar-refractivity contribution is 4.93. The van der Waals surface area contributed by atoms with E-state index >= 15 is 0 Å². The van der Waals surface area contributed by atoms with Gasteiger partial charge in [0.1, 0.15) is 0 Å². The molecule has 11 heavy (non-hydrogen) atoms. The molecule has 0 aromatic heterocycles. The topological polar surface area (TPSA) is 29.5 Å². The van der Waals surface area contributed by atoms with Crippen LogP contribution in [-0.2, 0) is 4.74 Å². The van der Waals surface area contributed by atoms with Crippen molar-refractivity contribution in [2.45, 2.75) is 33.3 Å². The van der Waals surface area contributed by atoms with Gasteiger partial charge in [0.15, 0.2) is 0 Å². The van der Waals surface area contributed by atoms with Crippen molar-refractivity contribution in [3.8, 4) is 0 Å². The van der Waals surface area contributed by atoms with Gasteiger partial charge in [0.2, 0.25) is 0 Å². The van der Waals surface area contributed by atoms with Gasteiger partial charge in [-0.1, -0.05) is 20.8 Å². The molecule has 1 aliphatic heterocycles. The molecule has 2 atom stereocenters. The van der Waals surface area contributed by atoms with Crippen LogP contribution in [0.1, 0.15) is 27.7 Å². The van der Waals surface area contributed by atoms with Crippen LogP contribution < -0.4 is 0 Å². The lowest BCUT2D eigenvalue weighted by Crippen LogP contribution is -2.40. The van der Waals surface area contributed by atoms with E-state index in [9.17, 15) is 5.11 Å². The van der Waals surface area contributed by atoms with Gasteiger partial charge in [0.05, 0.1) is 18.8 Å². The largest absolute Gasteiger partial charge is 0.387 e. The summed E-state index contributed by atoms with van der Waals surface area (Å²) in [7, 11) is 0. The summed E-state index contributed by atoms with van der Waals surface area (Å²) in [5.41, 5.74) is -0.488. The van der Waals surface area contributed by atoms with E-state index in [0.29, 0.717) is 13.2 Å². The molecule has 2 heteroatoms.